The third-order valence-electron chi connectivity index (χ3n) is 2.46. The number of rotatable bonds is 2. The molecule has 0 aliphatic heterocycles. The molecule has 2 rings (SSSR count). The molecule has 0 fully saturated rings. The van der Waals surface area contributed by atoms with Gasteiger partial charge in [-0.05, 0) is 12.1 Å². The minimum absolute atomic E-state index is 0.192. The minimum atomic E-state index is -4.61. The predicted molar refractivity (Wildman–Crippen MR) is 61.6 cm³/mol. The number of benzene rings is 1. The fourth-order valence-corrected chi connectivity index (χ4v) is 1.61. The highest BCUT2D eigenvalue weighted by atomic mass is 19.4. The van der Waals surface area contributed by atoms with Gasteiger partial charge in [0.25, 0.3) is 0 Å². The number of nitrogens with zero attached hydrogens (tertiary/aromatic N) is 1. The van der Waals surface area contributed by atoms with E-state index in [1.165, 1.54) is 12.1 Å². The molecule has 1 aromatic heterocycles. The van der Waals surface area contributed by atoms with Crippen LogP contribution in [0.5, 0.6) is 0 Å². The summed E-state index contributed by atoms with van der Waals surface area (Å²) in [7, 11) is 0. The quantitative estimate of drug-likeness (QED) is 0.906. The Kier molecular flexibility index (Phi) is 3.25. The number of carbonyl (C=O) groups is 1. The van der Waals surface area contributed by atoms with Crippen LogP contribution < -0.4 is 0 Å². The van der Waals surface area contributed by atoms with Gasteiger partial charge in [0.2, 0.25) is 0 Å². The van der Waals surface area contributed by atoms with E-state index in [2.05, 4.69) is 4.98 Å². The van der Waals surface area contributed by atoms with Crippen LogP contribution in [0.25, 0.3) is 11.3 Å². The van der Waals surface area contributed by atoms with Gasteiger partial charge < -0.3 is 5.11 Å². The second kappa shape index (κ2) is 4.72. The van der Waals surface area contributed by atoms with Crippen molar-refractivity contribution in [3.05, 3.63) is 53.7 Å². The monoisotopic (exact) mass is 267 g/mol. The van der Waals surface area contributed by atoms with Crippen molar-refractivity contribution >= 4 is 5.97 Å². The van der Waals surface area contributed by atoms with Crippen LogP contribution in [-0.4, -0.2) is 16.1 Å². The number of carboxylic acids is 1. The topological polar surface area (TPSA) is 50.2 Å². The van der Waals surface area contributed by atoms with Crippen LogP contribution in [0.4, 0.5) is 13.2 Å². The van der Waals surface area contributed by atoms with E-state index in [1.54, 1.807) is 18.2 Å². The average molecular weight is 267 g/mol. The molecule has 0 amide bonds. The van der Waals surface area contributed by atoms with Crippen molar-refractivity contribution in [3.8, 4) is 11.3 Å². The maximum absolute atomic E-state index is 12.6. The summed E-state index contributed by atoms with van der Waals surface area (Å²) in [4.78, 5) is 14.5. The molecule has 1 N–H and O–H groups in total. The molecule has 6 heteroatoms. The lowest BCUT2D eigenvalue weighted by molar-refractivity contribution is -0.141. The average Bonchev–Trinajstić information content (AvgIpc) is 2.38. The molecule has 0 atom stereocenters. The van der Waals surface area contributed by atoms with Gasteiger partial charge in [-0.2, -0.15) is 13.2 Å². The van der Waals surface area contributed by atoms with Gasteiger partial charge in [0.05, 0.1) is 11.3 Å². The lowest BCUT2D eigenvalue weighted by Gasteiger charge is -2.10. The van der Waals surface area contributed by atoms with Crippen molar-refractivity contribution in [2.75, 3.05) is 0 Å². The Labute approximate surface area is 106 Å². The van der Waals surface area contributed by atoms with E-state index >= 15 is 0 Å². The minimum Gasteiger partial charge on any atom is -0.478 e. The van der Waals surface area contributed by atoms with Gasteiger partial charge in [-0.15, -0.1) is 0 Å². The molecule has 0 saturated carbocycles. The summed E-state index contributed by atoms with van der Waals surface area (Å²) in [5, 5.41) is 9.00. The largest absolute Gasteiger partial charge is 0.478 e. The summed E-state index contributed by atoms with van der Waals surface area (Å²) in [5.74, 6) is -1.32. The van der Waals surface area contributed by atoms with Gasteiger partial charge in [0.1, 0.15) is 5.69 Å². The first-order valence-corrected chi connectivity index (χ1v) is 5.26. The Hall–Kier alpha value is -2.37. The standard InChI is InChI=1S/C13H8F3NO2/c14-13(15,16)10-7-6-9(12(18)19)11(17-10)8-4-2-1-3-5-8/h1-7H,(H,18,19). The molecule has 3 nitrogen and oxygen atoms in total. The number of hydrogen-bond donors (Lipinski definition) is 1. The Balaban J connectivity index is 2.65. The number of hydrogen-bond acceptors (Lipinski definition) is 2. The smallest absolute Gasteiger partial charge is 0.433 e. The lowest BCUT2D eigenvalue weighted by atomic mass is 10.1. The molecule has 1 aromatic carbocycles. The molecule has 0 unspecified atom stereocenters. The first-order chi connectivity index (χ1) is 8.89. The van der Waals surface area contributed by atoms with E-state index in [0.717, 1.165) is 6.07 Å². The van der Waals surface area contributed by atoms with Crippen molar-refractivity contribution < 1.29 is 23.1 Å². The van der Waals surface area contributed by atoms with Crippen LogP contribution in [0, 0.1) is 0 Å². The summed E-state index contributed by atoms with van der Waals surface area (Å²) >= 11 is 0. The molecule has 0 spiro atoms. The fourth-order valence-electron chi connectivity index (χ4n) is 1.61. The number of aromatic carboxylic acids is 1. The summed E-state index contributed by atoms with van der Waals surface area (Å²) in [6.07, 6.45) is -4.61. The second-order valence-electron chi connectivity index (χ2n) is 3.76. The zero-order chi connectivity index (χ0) is 14.0. The zero-order valence-corrected chi connectivity index (χ0v) is 9.48. The number of halogens is 3. The Morgan fingerprint density at radius 2 is 1.68 bits per heavy atom. The normalized spacial score (nSPS) is 11.3. The summed E-state index contributed by atoms with van der Waals surface area (Å²) in [5.41, 5.74) is -1.25. The highest BCUT2D eigenvalue weighted by Crippen LogP contribution is 2.31. The first kappa shape index (κ1) is 13.1. The lowest BCUT2D eigenvalue weighted by Crippen LogP contribution is -2.11. The third kappa shape index (κ3) is 2.73. The van der Waals surface area contributed by atoms with Crippen LogP contribution in [0.15, 0.2) is 42.5 Å². The summed E-state index contributed by atoms with van der Waals surface area (Å²) in [6.45, 7) is 0. The van der Waals surface area contributed by atoms with Gasteiger partial charge in [-0.3, -0.25) is 0 Å². The molecule has 2 aromatic rings. The molecule has 0 saturated heterocycles. The number of alkyl halides is 3. The van der Waals surface area contributed by atoms with E-state index in [1.807, 2.05) is 0 Å². The van der Waals surface area contributed by atoms with Crippen molar-refractivity contribution in [2.45, 2.75) is 6.18 Å². The highest BCUT2D eigenvalue weighted by Gasteiger charge is 2.33. The predicted octanol–water partition coefficient (Wildman–Crippen LogP) is 3.47. The van der Waals surface area contributed by atoms with Gasteiger partial charge in [0, 0.05) is 5.56 Å². The third-order valence-corrected chi connectivity index (χ3v) is 2.46. The van der Waals surface area contributed by atoms with E-state index in [-0.39, 0.29) is 11.3 Å². The van der Waals surface area contributed by atoms with Crippen LogP contribution in [-0.2, 0) is 6.18 Å². The van der Waals surface area contributed by atoms with Gasteiger partial charge in [-0.25, -0.2) is 9.78 Å². The Bertz CT molecular complexity index is 609. The van der Waals surface area contributed by atoms with E-state index in [4.69, 9.17) is 5.11 Å². The summed E-state index contributed by atoms with van der Waals surface area (Å²) < 4.78 is 37.8. The van der Waals surface area contributed by atoms with Crippen molar-refractivity contribution in [1.29, 1.82) is 0 Å². The number of aromatic nitrogens is 1. The summed E-state index contributed by atoms with van der Waals surface area (Å²) in [6, 6.07) is 9.48. The maximum Gasteiger partial charge on any atom is 0.433 e. The van der Waals surface area contributed by atoms with Crippen LogP contribution in [0.3, 0.4) is 0 Å². The molecular weight excluding hydrogens is 259 g/mol. The fraction of sp³-hybridized carbons (Fsp3) is 0.0769. The molecule has 1 heterocycles. The second-order valence-corrected chi connectivity index (χ2v) is 3.76. The maximum atomic E-state index is 12.6. The van der Waals surface area contributed by atoms with Crippen LogP contribution in [0.1, 0.15) is 16.1 Å². The molecular formula is C13H8F3NO2. The molecule has 19 heavy (non-hydrogen) atoms. The van der Waals surface area contributed by atoms with Gasteiger partial charge in [0.15, 0.2) is 0 Å². The van der Waals surface area contributed by atoms with E-state index in [9.17, 15) is 18.0 Å². The Morgan fingerprint density at radius 1 is 1.05 bits per heavy atom. The van der Waals surface area contributed by atoms with Gasteiger partial charge in [-0.1, -0.05) is 30.3 Å². The molecule has 98 valence electrons. The number of pyridine rings is 1. The zero-order valence-electron chi connectivity index (χ0n) is 9.48. The molecule has 0 aliphatic carbocycles. The van der Waals surface area contributed by atoms with Gasteiger partial charge >= 0.3 is 12.1 Å². The SMILES string of the molecule is O=C(O)c1ccc(C(F)(F)F)nc1-c1ccccc1. The van der Waals surface area contributed by atoms with Crippen molar-refractivity contribution in [3.63, 3.8) is 0 Å². The van der Waals surface area contributed by atoms with E-state index < -0.39 is 17.8 Å². The molecule has 0 aliphatic rings. The molecule has 0 radical (unpaired) electrons. The van der Waals surface area contributed by atoms with Crippen molar-refractivity contribution in [2.24, 2.45) is 0 Å². The van der Waals surface area contributed by atoms with E-state index in [0.29, 0.717) is 11.6 Å². The number of carboxylic acid groups (broad SMARTS) is 1. The van der Waals surface area contributed by atoms with Crippen LogP contribution in [0.2, 0.25) is 0 Å². The Morgan fingerprint density at radius 3 is 2.21 bits per heavy atom. The first-order valence-electron chi connectivity index (χ1n) is 5.26. The highest BCUT2D eigenvalue weighted by molar-refractivity contribution is 5.94. The molecule has 0 bridgehead atoms. The van der Waals surface area contributed by atoms with Crippen molar-refractivity contribution in [1.82, 2.24) is 4.98 Å². The van der Waals surface area contributed by atoms with Crippen LogP contribution >= 0.6 is 0 Å².